The summed E-state index contributed by atoms with van der Waals surface area (Å²) in [5.74, 6) is 7.00. The summed E-state index contributed by atoms with van der Waals surface area (Å²) in [6.07, 6.45) is 1.53. The Balaban J connectivity index is 2.52. The van der Waals surface area contributed by atoms with Gasteiger partial charge in [-0.05, 0) is 32.4 Å². The van der Waals surface area contributed by atoms with Crippen LogP contribution >= 0.6 is 0 Å². The van der Waals surface area contributed by atoms with Crippen LogP contribution in [0.3, 0.4) is 0 Å². The molecule has 0 aliphatic heterocycles. The Kier molecular flexibility index (Phi) is 3.97. The van der Waals surface area contributed by atoms with E-state index in [4.69, 9.17) is 5.84 Å². The first-order chi connectivity index (χ1) is 9.19. The van der Waals surface area contributed by atoms with Crippen molar-refractivity contribution >= 4 is 17.3 Å². The molecule has 1 aromatic carbocycles. The Bertz CT molecular complexity index is 568. The predicted molar refractivity (Wildman–Crippen MR) is 78.4 cm³/mol. The smallest absolute Gasteiger partial charge is 0.148 e. The number of nitrogens with one attached hydrogen (secondary N) is 1. The van der Waals surface area contributed by atoms with E-state index < -0.39 is 0 Å². The molecule has 0 saturated heterocycles. The van der Waals surface area contributed by atoms with Gasteiger partial charge in [-0.1, -0.05) is 18.2 Å². The highest BCUT2D eigenvalue weighted by Crippen LogP contribution is 2.30. The molecule has 2 aromatic rings. The van der Waals surface area contributed by atoms with Crippen molar-refractivity contribution in [3.63, 3.8) is 0 Å². The van der Waals surface area contributed by atoms with Gasteiger partial charge in [0.05, 0.1) is 0 Å². The van der Waals surface area contributed by atoms with E-state index in [-0.39, 0.29) is 0 Å². The first-order valence-corrected chi connectivity index (χ1v) is 6.30. The van der Waals surface area contributed by atoms with Gasteiger partial charge < -0.3 is 10.3 Å². The zero-order valence-corrected chi connectivity index (χ0v) is 11.5. The summed E-state index contributed by atoms with van der Waals surface area (Å²) in [4.78, 5) is 10.7. The average Bonchev–Trinajstić information content (AvgIpc) is 2.43. The summed E-state index contributed by atoms with van der Waals surface area (Å²) in [6.45, 7) is 6.98. The Hall–Kier alpha value is -2.14. The Morgan fingerprint density at radius 3 is 2.58 bits per heavy atom. The van der Waals surface area contributed by atoms with Gasteiger partial charge in [-0.2, -0.15) is 0 Å². The van der Waals surface area contributed by atoms with Crippen molar-refractivity contribution < 1.29 is 0 Å². The minimum Gasteiger partial charge on any atom is -0.326 e. The topological polar surface area (TPSA) is 67.1 Å². The van der Waals surface area contributed by atoms with Crippen molar-refractivity contribution in [2.24, 2.45) is 5.84 Å². The number of rotatable bonds is 4. The molecular weight excluding hydrogens is 238 g/mol. The van der Waals surface area contributed by atoms with Crippen LogP contribution in [0, 0.1) is 13.8 Å². The Labute approximate surface area is 113 Å². The van der Waals surface area contributed by atoms with Crippen molar-refractivity contribution in [1.82, 2.24) is 9.97 Å². The molecule has 1 heterocycles. The number of anilines is 3. The van der Waals surface area contributed by atoms with Gasteiger partial charge in [-0.15, -0.1) is 0 Å². The quantitative estimate of drug-likeness (QED) is 0.651. The number of hydrogen-bond donors (Lipinski definition) is 2. The van der Waals surface area contributed by atoms with Crippen LogP contribution in [-0.2, 0) is 0 Å². The number of nitrogens with zero attached hydrogens (tertiary/aromatic N) is 3. The van der Waals surface area contributed by atoms with E-state index in [2.05, 4.69) is 46.3 Å². The maximum atomic E-state index is 5.47. The number of hydrogen-bond acceptors (Lipinski definition) is 5. The molecule has 0 saturated carbocycles. The summed E-state index contributed by atoms with van der Waals surface area (Å²) in [6, 6.07) is 8.25. The van der Waals surface area contributed by atoms with Crippen LogP contribution in [0.25, 0.3) is 0 Å². The number of aromatic nitrogens is 2. The minimum atomic E-state index is 0.650. The number of nitrogens with two attached hydrogens (primary N) is 1. The fourth-order valence-corrected chi connectivity index (χ4v) is 2.16. The van der Waals surface area contributed by atoms with Gasteiger partial charge in [0.15, 0.2) is 0 Å². The molecule has 0 aliphatic rings. The number of hydrazine groups is 1. The van der Waals surface area contributed by atoms with Crippen LogP contribution in [0.15, 0.2) is 30.6 Å². The molecule has 5 nitrogen and oxygen atoms in total. The second kappa shape index (κ2) is 5.67. The molecule has 0 aliphatic carbocycles. The first kappa shape index (κ1) is 13.3. The van der Waals surface area contributed by atoms with Crippen LogP contribution in [0.1, 0.15) is 18.1 Å². The van der Waals surface area contributed by atoms with E-state index in [1.807, 2.05) is 19.1 Å². The summed E-state index contributed by atoms with van der Waals surface area (Å²) in [5, 5.41) is 0. The lowest BCUT2D eigenvalue weighted by Gasteiger charge is -2.25. The number of benzene rings is 1. The average molecular weight is 257 g/mol. The summed E-state index contributed by atoms with van der Waals surface area (Å²) < 4.78 is 0. The molecule has 0 atom stereocenters. The van der Waals surface area contributed by atoms with Gasteiger partial charge in [0, 0.05) is 17.8 Å². The van der Waals surface area contributed by atoms with Crippen LogP contribution in [-0.4, -0.2) is 16.5 Å². The highest BCUT2D eigenvalue weighted by molar-refractivity contribution is 5.68. The fraction of sp³-hybridized carbons (Fsp3) is 0.286. The highest BCUT2D eigenvalue weighted by atomic mass is 15.3. The van der Waals surface area contributed by atoms with Gasteiger partial charge in [0.2, 0.25) is 0 Å². The number of nitrogen functional groups attached to an aromatic ring is 1. The van der Waals surface area contributed by atoms with Gasteiger partial charge >= 0.3 is 0 Å². The molecule has 0 amide bonds. The van der Waals surface area contributed by atoms with E-state index in [9.17, 15) is 0 Å². The summed E-state index contributed by atoms with van der Waals surface area (Å²) in [5.41, 5.74) is 5.90. The monoisotopic (exact) mass is 257 g/mol. The van der Waals surface area contributed by atoms with Crippen molar-refractivity contribution in [2.45, 2.75) is 20.8 Å². The van der Waals surface area contributed by atoms with Gasteiger partial charge in [0.1, 0.15) is 18.0 Å². The molecule has 0 unspecified atom stereocenters. The largest absolute Gasteiger partial charge is 0.326 e. The molecule has 0 fully saturated rings. The molecule has 0 spiro atoms. The van der Waals surface area contributed by atoms with Crippen LogP contribution in [0.4, 0.5) is 17.3 Å². The predicted octanol–water partition coefficient (Wildman–Crippen LogP) is 2.54. The van der Waals surface area contributed by atoms with Crippen LogP contribution in [0.5, 0.6) is 0 Å². The Morgan fingerprint density at radius 2 is 1.95 bits per heavy atom. The van der Waals surface area contributed by atoms with E-state index in [1.165, 1.54) is 11.9 Å². The lowest BCUT2D eigenvalue weighted by Crippen LogP contribution is -2.21. The fourth-order valence-electron chi connectivity index (χ4n) is 2.16. The second-order valence-corrected chi connectivity index (χ2v) is 4.35. The molecule has 100 valence electrons. The SMILES string of the molecule is CCN(c1ccccc1C)c1ncnc(NN)c1C. The van der Waals surface area contributed by atoms with Crippen LogP contribution < -0.4 is 16.2 Å². The third kappa shape index (κ3) is 2.51. The number of aryl methyl sites for hydroxylation is 1. The van der Waals surface area contributed by atoms with E-state index in [0.717, 1.165) is 23.6 Å². The molecule has 3 N–H and O–H groups in total. The van der Waals surface area contributed by atoms with Crippen LogP contribution in [0.2, 0.25) is 0 Å². The lowest BCUT2D eigenvalue weighted by molar-refractivity contribution is 0.955. The minimum absolute atomic E-state index is 0.650. The molecule has 19 heavy (non-hydrogen) atoms. The first-order valence-electron chi connectivity index (χ1n) is 6.30. The summed E-state index contributed by atoms with van der Waals surface area (Å²) in [7, 11) is 0. The third-order valence-electron chi connectivity index (χ3n) is 3.17. The maximum absolute atomic E-state index is 5.47. The van der Waals surface area contributed by atoms with E-state index in [0.29, 0.717) is 5.82 Å². The van der Waals surface area contributed by atoms with E-state index >= 15 is 0 Å². The molecular formula is C14H19N5. The van der Waals surface area contributed by atoms with Gasteiger partial charge in [-0.25, -0.2) is 15.8 Å². The molecule has 2 rings (SSSR count). The van der Waals surface area contributed by atoms with Crippen molar-refractivity contribution in [2.75, 3.05) is 16.9 Å². The molecule has 0 bridgehead atoms. The Morgan fingerprint density at radius 1 is 1.21 bits per heavy atom. The third-order valence-corrected chi connectivity index (χ3v) is 3.17. The van der Waals surface area contributed by atoms with Crippen molar-refractivity contribution in [3.05, 3.63) is 41.7 Å². The summed E-state index contributed by atoms with van der Waals surface area (Å²) >= 11 is 0. The normalized spacial score (nSPS) is 10.3. The molecule has 1 aromatic heterocycles. The van der Waals surface area contributed by atoms with Crippen molar-refractivity contribution in [3.8, 4) is 0 Å². The zero-order chi connectivity index (χ0) is 13.8. The molecule has 0 radical (unpaired) electrons. The number of para-hydroxylation sites is 1. The van der Waals surface area contributed by atoms with Crippen molar-refractivity contribution in [1.29, 1.82) is 0 Å². The molecule has 5 heteroatoms. The second-order valence-electron chi connectivity index (χ2n) is 4.35. The highest BCUT2D eigenvalue weighted by Gasteiger charge is 2.15. The lowest BCUT2D eigenvalue weighted by atomic mass is 10.1. The maximum Gasteiger partial charge on any atom is 0.148 e. The van der Waals surface area contributed by atoms with Gasteiger partial charge in [-0.3, -0.25) is 0 Å². The standard InChI is InChI=1S/C14H19N5/c1-4-19(12-8-6-5-7-10(12)2)14-11(3)13(18-15)16-9-17-14/h5-9H,4,15H2,1-3H3,(H,16,17,18). The zero-order valence-electron chi connectivity index (χ0n) is 11.5. The van der Waals surface area contributed by atoms with E-state index in [1.54, 1.807) is 0 Å². The van der Waals surface area contributed by atoms with Gasteiger partial charge in [0.25, 0.3) is 0 Å².